The summed E-state index contributed by atoms with van der Waals surface area (Å²) in [6, 6.07) is 4.70. The lowest BCUT2D eigenvalue weighted by atomic mass is 10.2. The van der Waals surface area contributed by atoms with Crippen molar-refractivity contribution in [3.63, 3.8) is 0 Å². The Morgan fingerprint density at radius 1 is 1.20 bits per heavy atom. The minimum atomic E-state index is -4.50. The maximum Gasteiger partial charge on any atom is 0.432 e. The fraction of sp³-hybridized carbons (Fsp3) is 0.350. The number of ether oxygens (including phenoxy) is 1. The molecule has 0 atom stereocenters. The van der Waals surface area contributed by atoms with Crippen molar-refractivity contribution in [2.45, 2.75) is 38.6 Å². The Morgan fingerprint density at radius 2 is 2.00 bits per heavy atom. The maximum absolute atomic E-state index is 13.0. The molecule has 0 aromatic carbocycles. The van der Waals surface area contributed by atoms with Gasteiger partial charge in [-0.2, -0.15) is 18.3 Å². The van der Waals surface area contributed by atoms with Crippen LogP contribution in [0, 0.1) is 0 Å². The molecule has 0 saturated heterocycles. The molecule has 0 aliphatic heterocycles. The minimum Gasteiger partial charge on any atom is -0.360 e. The molecule has 0 aliphatic carbocycles. The van der Waals surface area contributed by atoms with E-state index in [1.807, 2.05) is 12.1 Å². The summed E-state index contributed by atoms with van der Waals surface area (Å²) in [5.41, 5.74) is 0.883. The van der Waals surface area contributed by atoms with Gasteiger partial charge in [-0.25, -0.2) is 9.67 Å². The van der Waals surface area contributed by atoms with Crippen LogP contribution in [0.25, 0.3) is 23.7 Å². The van der Waals surface area contributed by atoms with Crippen LogP contribution in [0.4, 0.5) is 13.2 Å². The van der Waals surface area contributed by atoms with Crippen molar-refractivity contribution in [3.05, 3.63) is 53.7 Å². The second-order valence-electron chi connectivity index (χ2n) is 8.08. The predicted molar refractivity (Wildman–Crippen MR) is 112 cm³/mol. The fourth-order valence-corrected chi connectivity index (χ4v) is 3.35. The average Bonchev–Trinajstić information content (AvgIpc) is 3.30. The van der Waals surface area contributed by atoms with Crippen LogP contribution in [-0.4, -0.2) is 39.4 Å². The Balaban J connectivity index is 1.84. The van der Waals surface area contributed by atoms with E-state index in [1.54, 1.807) is 35.4 Å². The van der Waals surface area contributed by atoms with Crippen LogP contribution in [0.2, 0.25) is 25.7 Å². The molecule has 3 heterocycles. The zero-order valence-electron chi connectivity index (χ0n) is 17.1. The van der Waals surface area contributed by atoms with Crippen molar-refractivity contribution >= 4 is 20.2 Å². The van der Waals surface area contributed by atoms with Gasteiger partial charge in [0.1, 0.15) is 18.1 Å². The summed E-state index contributed by atoms with van der Waals surface area (Å²) in [5, 5.41) is 4.40. The molecule has 0 unspecified atom stereocenters. The zero-order valence-corrected chi connectivity index (χ0v) is 18.1. The number of nitrogens with zero attached hydrogens (tertiary/aromatic N) is 4. The van der Waals surface area contributed by atoms with Crippen LogP contribution in [0.15, 0.2) is 36.9 Å². The van der Waals surface area contributed by atoms with E-state index >= 15 is 0 Å². The van der Waals surface area contributed by atoms with E-state index in [0.717, 1.165) is 17.8 Å². The van der Waals surface area contributed by atoms with Crippen LogP contribution in [0.1, 0.15) is 16.8 Å². The van der Waals surface area contributed by atoms with E-state index in [-0.39, 0.29) is 12.6 Å². The van der Waals surface area contributed by atoms with Gasteiger partial charge >= 0.3 is 6.18 Å². The molecule has 160 valence electrons. The van der Waals surface area contributed by atoms with Crippen LogP contribution in [0.3, 0.4) is 0 Å². The second-order valence-corrected chi connectivity index (χ2v) is 13.7. The number of hydrogen-bond acceptors (Lipinski definition) is 4. The fourth-order valence-electron chi connectivity index (χ4n) is 2.59. The third-order valence-electron chi connectivity index (χ3n) is 4.26. The van der Waals surface area contributed by atoms with Gasteiger partial charge in [-0.3, -0.25) is 4.98 Å². The third kappa shape index (κ3) is 6.14. The number of imidazole rings is 1. The number of halogens is 3. The largest absolute Gasteiger partial charge is 0.432 e. The number of alkyl halides is 3. The lowest BCUT2D eigenvalue weighted by Gasteiger charge is -2.15. The average molecular weight is 436 g/mol. The highest BCUT2D eigenvalue weighted by Gasteiger charge is 2.33. The van der Waals surface area contributed by atoms with Crippen molar-refractivity contribution in [1.82, 2.24) is 24.7 Å². The van der Waals surface area contributed by atoms with Gasteiger partial charge < -0.3 is 9.72 Å². The van der Waals surface area contributed by atoms with Crippen molar-refractivity contribution in [3.8, 4) is 11.5 Å². The number of pyridine rings is 1. The summed E-state index contributed by atoms with van der Waals surface area (Å²) >= 11 is 0. The summed E-state index contributed by atoms with van der Waals surface area (Å²) in [7, 11) is -1.21. The van der Waals surface area contributed by atoms with Gasteiger partial charge in [-0.15, -0.1) is 0 Å². The molecule has 0 radical (unpaired) electrons. The van der Waals surface area contributed by atoms with Crippen LogP contribution >= 0.6 is 0 Å². The molecule has 3 aromatic rings. The van der Waals surface area contributed by atoms with Gasteiger partial charge in [-0.1, -0.05) is 37.9 Å². The Morgan fingerprint density at radius 3 is 2.63 bits per heavy atom. The lowest BCUT2D eigenvalue weighted by Crippen LogP contribution is -2.22. The Kier molecular flexibility index (Phi) is 6.57. The summed E-state index contributed by atoms with van der Waals surface area (Å²) in [6.07, 6.45) is 4.94. The molecule has 0 aliphatic rings. The van der Waals surface area contributed by atoms with E-state index in [4.69, 9.17) is 4.74 Å². The number of nitrogens with one attached hydrogen (secondary N) is 1. The Bertz CT molecular complexity index is 990. The first-order chi connectivity index (χ1) is 14.1. The van der Waals surface area contributed by atoms with Gasteiger partial charge in [0.05, 0.1) is 6.20 Å². The normalized spacial score (nSPS) is 12.7. The molecule has 10 heteroatoms. The molecular weight excluding hydrogens is 411 g/mol. The molecule has 30 heavy (non-hydrogen) atoms. The van der Waals surface area contributed by atoms with E-state index in [2.05, 4.69) is 39.7 Å². The highest BCUT2D eigenvalue weighted by molar-refractivity contribution is 6.76. The SMILES string of the molecule is C[Si](C)(C)CCOCn1cc(/C=C/c2cccnc2)c(-c2ncc(C(F)(F)F)[nH]2)n1. The number of aromatic nitrogens is 5. The van der Waals surface area contributed by atoms with E-state index in [9.17, 15) is 13.2 Å². The van der Waals surface area contributed by atoms with Gasteiger partial charge in [0.2, 0.25) is 0 Å². The molecule has 0 saturated carbocycles. The van der Waals surface area contributed by atoms with Crippen molar-refractivity contribution in [2.75, 3.05) is 6.61 Å². The number of aromatic amines is 1. The van der Waals surface area contributed by atoms with Gasteiger partial charge in [0.25, 0.3) is 0 Å². The van der Waals surface area contributed by atoms with Crippen molar-refractivity contribution in [1.29, 1.82) is 0 Å². The van der Waals surface area contributed by atoms with E-state index < -0.39 is 19.9 Å². The van der Waals surface area contributed by atoms with Gasteiger partial charge in [0, 0.05) is 38.8 Å². The summed E-state index contributed by atoms with van der Waals surface area (Å²) in [6.45, 7) is 7.62. The standard InChI is InChI=1S/C20H24F3N5OSi/c1-30(2,3)10-9-29-14-28-13-16(7-6-15-5-4-8-24-11-15)18(27-28)19-25-12-17(26-19)20(21,22)23/h4-8,11-13H,9-10,14H2,1-3H3,(H,25,26)/b7-6+. The molecule has 0 bridgehead atoms. The molecule has 0 fully saturated rings. The first-order valence-electron chi connectivity index (χ1n) is 9.48. The molecule has 6 nitrogen and oxygen atoms in total. The minimum absolute atomic E-state index is 0.0500. The smallest absolute Gasteiger partial charge is 0.360 e. The van der Waals surface area contributed by atoms with Gasteiger partial charge in [0.15, 0.2) is 5.82 Å². The number of H-pyrrole nitrogens is 1. The lowest BCUT2D eigenvalue weighted by molar-refractivity contribution is -0.140. The molecular formula is C20H24F3N5OSi. The van der Waals surface area contributed by atoms with Crippen LogP contribution in [0.5, 0.6) is 0 Å². The molecule has 3 aromatic heterocycles. The molecule has 1 N–H and O–H groups in total. The van der Waals surface area contributed by atoms with Crippen molar-refractivity contribution in [2.24, 2.45) is 0 Å². The van der Waals surface area contributed by atoms with E-state index in [1.165, 1.54) is 0 Å². The van der Waals surface area contributed by atoms with Crippen molar-refractivity contribution < 1.29 is 17.9 Å². The topological polar surface area (TPSA) is 68.6 Å². The first-order valence-corrected chi connectivity index (χ1v) is 13.2. The summed E-state index contributed by atoms with van der Waals surface area (Å²) in [5.74, 6) is 0.0500. The second kappa shape index (κ2) is 8.96. The zero-order chi connectivity index (χ0) is 21.8. The number of rotatable bonds is 8. The summed E-state index contributed by atoms with van der Waals surface area (Å²) < 4.78 is 46.2. The molecule has 3 rings (SSSR count). The predicted octanol–water partition coefficient (Wildman–Crippen LogP) is 5.17. The van der Waals surface area contributed by atoms with Crippen LogP contribution < -0.4 is 0 Å². The molecule has 0 amide bonds. The van der Waals surface area contributed by atoms with Crippen LogP contribution in [-0.2, 0) is 17.6 Å². The Labute approximate surface area is 173 Å². The first kappa shape index (κ1) is 22.0. The highest BCUT2D eigenvalue weighted by atomic mass is 28.3. The monoisotopic (exact) mass is 435 g/mol. The van der Waals surface area contributed by atoms with E-state index in [0.29, 0.717) is 17.9 Å². The Hall–Kier alpha value is -2.72. The summed E-state index contributed by atoms with van der Waals surface area (Å²) in [4.78, 5) is 10.2. The quantitative estimate of drug-likeness (QED) is 0.392. The number of hydrogen-bond donors (Lipinski definition) is 1. The maximum atomic E-state index is 13.0. The highest BCUT2D eigenvalue weighted by Crippen LogP contribution is 2.30. The molecule has 0 spiro atoms. The third-order valence-corrected chi connectivity index (χ3v) is 5.96. The van der Waals surface area contributed by atoms with Gasteiger partial charge in [-0.05, 0) is 17.7 Å².